The van der Waals surface area contributed by atoms with Gasteiger partial charge in [0.15, 0.2) is 0 Å². The molecule has 1 aliphatic carbocycles. The number of carbonyl (C=O) groups is 2. The van der Waals surface area contributed by atoms with Gasteiger partial charge in [-0.15, -0.1) is 0 Å². The number of rotatable bonds is 4. The lowest BCUT2D eigenvalue weighted by Gasteiger charge is -2.13. The zero-order valence-corrected chi connectivity index (χ0v) is 9.33. The number of urea groups is 1. The summed E-state index contributed by atoms with van der Waals surface area (Å²) in [4.78, 5) is 21.8. The summed E-state index contributed by atoms with van der Waals surface area (Å²) in [5, 5.41) is 13.1. The van der Waals surface area contributed by atoms with Gasteiger partial charge in [-0.1, -0.05) is 12.2 Å². The van der Waals surface area contributed by atoms with Crippen molar-refractivity contribution < 1.29 is 27.9 Å². The first kappa shape index (κ1) is 14.3. The SMILES string of the molecule is O=C(NCCC(F)(F)F)NC1C=CC(C(=O)O)C1. The van der Waals surface area contributed by atoms with Gasteiger partial charge in [0.05, 0.1) is 18.4 Å². The van der Waals surface area contributed by atoms with E-state index in [0.717, 1.165) is 0 Å². The first-order valence-corrected chi connectivity index (χ1v) is 5.30. The topological polar surface area (TPSA) is 78.4 Å². The van der Waals surface area contributed by atoms with Crippen molar-refractivity contribution in [2.45, 2.75) is 25.1 Å². The van der Waals surface area contributed by atoms with E-state index < -0.39 is 43.1 Å². The second-order valence-corrected chi connectivity index (χ2v) is 3.94. The molecule has 2 amide bonds. The van der Waals surface area contributed by atoms with Gasteiger partial charge in [-0.3, -0.25) is 4.79 Å². The molecule has 0 fully saturated rings. The molecule has 0 bridgehead atoms. The molecule has 2 atom stereocenters. The van der Waals surface area contributed by atoms with Crippen LogP contribution in [0.3, 0.4) is 0 Å². The van der Waals surface area contributed by atoms with E-state index in [4.69, 9.17) is 5.11 Å². The summed E-state index contributed by atoms with van der Waals surface area (Å²) >= 11 is 0. The molecule has 0 aliphatic heterocycles. The largest absolute Gasteiger partial charge is 0.481 e. The number of hydrogen-bond donors (Lipinski definition) is 3. The van der Waals surface area contributed by atoms with Crippen molar-refractivity contribution in [1.29, 1.82) is 0 Å². The maximum atomic E-state index is 11.8. The number of hydrogen-bond acceptors (Lipinski definition) is 2. The Bertz CT molecular complexity index is 355. The normalized spacial score (nSPS) is 22.8. The maximum absolute atomic E-state index is 11.8. The van der Waals surface area contributed by atoms with Crippen molar-refractivity contribution in [3.05, 3.63) is 12.2 Å². The highest BCUT2D eigenvalue weighted by Crippen LogP contribution is 2.19. The van der Waals surface area contributed by atoms with E-state index in [2.05, 4.69) is 10.6 Å². The number of carboxylic acid groups (broad SMARTS) is 1. The van der Waals surface area contributed by atoms with Crippen LogP contribution in [0.2, 0.25) is 0 Å². The average Bonchev–Trinajstić information content (AvgIpc) is 2.64. The van der Waals surface area contributed by atoms with Crippen molar-refractivity contribution in [3.8, 4) is 0 Å². The van der Waals surface area contributed by atoms with Gasteiger partial charge >= 0.3 is 18.2 Å². The van der Waals surface area contributed by atoms with Gasteiger partial charge < -0.3 is 15.7 Å². The minimum Gasteiger partial charge on any atom is -0.481 e. The van der Waals surface area contributed by atoms with Crippen LogP contribution < -0.4 is 10.6 Å². The Hall–Kier alpha value is -1.73. The summed E-state index contributed by atoms with van der Waals surface area (Å²) < 4.78 is 35.4. The molecule has 18 heavy (non-hydrogen) atoms. The number of carbonyl (C=O) groups excluding carboxylic acids is 1. The van der Waals surface area contributed by atoms with Crippen LogP contribution in [0.5, 0.6) is 0 Å². The Morgan fingerprint density at radius 3 is 2.50 bits per heavy atom. The fourth-order valence-corrected chi connectivity index (χ4v) is 1.53. The fraction of sp³-hybridized carbons (Fsp3) is 0.600. The third kappa shape index (κ3) is 5.07. The lowest BCUT2D eigenvalue weighted by Crippen LogP contribution is -2.42. The Balaban J connectivity index is 2.22. The highest BCUT2D eigenvalue weighted by molar-refractivity contribution is 5.76. The van der Waals surface area contributed by atoms with Gasteiger partial charge in [-0.25, -0.2) is 4.79 Å². The summed E-state index contributed by atoms with van der Waals surface area (Å²) in [5.74, 6) is -1.65. The molecule has 0 aromatic heterocycles. The Morgan fingerprint density at radius 2 is 2.00 bits per heavy atom. The molecule has 1 aliphatic rings. The van der Waals surface area contributed by atoms with E-state index in [-0.39, 0.29) is 6.42 Å². The van der Waals surface area contributed by atoms with Gasteiger partial charge in [0, 0.05) is 6.54 Å². The van der Waals surface area contributed by atoms with E-state index >= 15 is 0 Å². The number of carboxylic acids is 1. The van der Waals surface area contributed by atoms with Gasteiger partial charge in [-0.05, 0) is 6.42 Å². The smallest absolute Gasteiger partial charge is 0.390 e. The fourth-order valence-electron chi connectivity index (χ4n) is 1.53. The highest BCUT2D eigenvalue weighted by atomic mass is 19.4. The van der Waals surface area contributed by atoms with Crippen LogP contribution in [-0.4, -0.2) is 35.9 Å². The second-order valence-electron chi connectivity index (χ2n) is 3.94. The van der Waals surface area contributed by atoms with E-state index in [9.17, 15) is 22.8 Å². The van der Waals surface area contributed by atoms with E-state index in [1.54, 1.807) is 0 Å². The summed E-state index contributed by atoms with van der Waals surface area (Å²) in [6.07, 6.45) is -2.24. The van der Waals surface area contributed by atoms with Crippen LogP contribution in [0.15, 0.2) is 12.2 Å². The molecule has 0 radical (unpaired) electrons. The maximum Gasteiger partial charge on any atom is 0.390 e. The molecule has 0 heterocycles. The van der Waals surface area contributed by atoms with Crippen molar-refractivity contribution >= 4 is 12.0 Å². The quantitative estimate of drug-likeness (QED) is 0.670. The van der Waals surface area contributed by atoms with Gasteiger partial charge in [0.1, 0.15) is 0 Å². The molecular formula is C10H13F3N2O3. The van der Waals surface area contributed by atoms with Crippen LogP contribution >= 0.6 is 0 Å². The van der Waals surface area contributed by atoms with Crippen LogP contribution in [0, 0.1) is 5.92 Å². The number of halogens is 3. The lowest BCUT2D eigenvalue weighted by atomic mass is 10.1. The van der Waals surface area contributed by atoms with Gasteiger partial charge in [-0.2, -0.15) is 13.2 Å². The number of alkyl halides is 3. The zero-order chi connectivity index (χ0) is 13.8. The molecule has 3 N–H and O–H groups in total. The van der Waals surface area contributed by atoms with Gasteiger partial charge in [0.25, 0.3) is 0 Å². The molecule has 102 valence electrons. The van der Waals surface area contributed by atoms with Crippen molar-refractivity contribution in [2.75, 3.05) is 6.54 Å². The average molecular weight is 266 g/mol. The summed E-state index contributed by atoms with van der Waals surface area (Å²) in [6.45, 7) is -0.506. The summed E-state index contributed by atoms with van der Waals surface area (Å²) in [7, 11) is 0. The van der Waals surface area contributed by atoms with Crippen LogP contribution in [0.1, 0.15) is 12.8 Å². The summed E-state index contributed by atoms with van der Waals surface area (Å²) in [6, 6.07) is -1.20. The minimum absolute atomic E-state index is 0.210. The third-order valence-corrected chi connectivity index (χ3v) is 2.41. The van der Waals surface area contributed by atoms with Gasteiger partial charge in [0.2, 0.25) is 0 Å². The minimum atomic E-state index is -4.31. The van der Waals surface area contributed by atoms with E-state index in [1.165, 1.54) is 12.2 Å². The molecule has 2 unspecified atom stereocenters. The number of amides is 2. The predicted molar refractivity (Wildman–Crippen MR) is 55.9 cm³/mol. The van der Waals surface area contributed by atoms with Crippen LogP contribution in [0.4, 0.5) is 18.0 Å². The van der Waals surface area contributed by atoms with Crippen molar-refractivity contribution in [3.63, 3.8) is 0 Å². The molecule has 1 rings (SSSR count). The lowest BCUT2D eigenvalue weighted by molar-refractivity contribution is -0.140. The first-order chi connectivity index (χ1) is 8.28. The number of nitrogens with one attached hydrogen (secondary N) is 2. The van der Waals surface area contributed by atoms with Crippen molar-refractivity contribution in [1.82, 2.24) is 10.6 Å². The zero-order valence-electron chi connectivity index (χ0n) is 9.33. The molecule has 0 aromatic rings. The second kappa shape index (κ2) is 5.74. The predicted octanol–water partition coefficient (Wildman–Crippen LogP) is 1.27. The monoisotopic (exact) mass is 266 g/mol. The van der Waals surface area contributed by atoms with Crippen LogP contribution in [0.25, 0.3) is 0 Å². The first-order valence-electron chi connectivity index (χ1n) is 5.30. The Kier molecular flexibility index (Phi) is 4.57. The number of aliphatic carboxylic acids is 1. The molecule has 0 aromatic carbocycles. The molecule has 0 spiro atoms. The standard InChI is InChI=1S/C10H13F3N2O3/c11-10(12,13)3-4-14-9(18)15-7-2-1-6(5-7)8(16)17/h1-2,6-7H,3-5H2,(H,16,17)(H2,14,15,18). The molecule has 5 nitrogen and oxygen atoms in total. The molecule has 0 saturated heterocycles. The third-order valence-electron chi connectivity index (χ3n) is 2.41. The Morgan fingerprint density at radius 1 is 1.33 bits per heavy atom. The Labute approximate surface area is 101 Å². The molecule has 8 heteroatoms. The van der Waals surface area contributed by atoms with Crippen molar-refractivity contribution in [2.24, 2.45) is 5.92 Å². The van der Waals surface area contributed by atoms with E-state index in [1.807, 2.05) is 0 Å². The molecular weight excluding hydrogens is 253 g/mol. The summed E-state index contributed by atoms with van der Waals surface area (Å²) in [5.41, 5.74) is 0. The van der Waals surface area contributed by atoms with Crippen LogP contribution in [-0.2, 0) is 4.79 Å². The highest BCUT2D eigenvalue weighted by Gasteiger charge is 2.27. The molecule has 0 saturated carbocycles. The van der Waals surface area contributed by atoms with E-state index in [0.29, 0.717) is 0 Å².